The van der Waals surface area contributed by atoms with Crippen molar-refractivity contribution < 1.29 is 23.4 Å². The minimum atomic E-state index is -1.42. The number of nitrogens with zero attached hydrogens (tertiary/aromatic N) is 2. The monoisotopic (exact) mass is 515 g/mol. The Morgan fingerprint density at radius 2 is 1.97 bits per heavy atom. The number of nitrogens with two attached hydrogens (primary N) is 2. The lowest BCUT2D eigenvalue weighted by molar-refractivity contribution is -0.184. The largest absolute Gasteiger partial charge is 0.389 e. The van der Waals surface area contributed by atoms with Gasteiger partial charge in [-0.05, 0) is 60.4 Å². The zero-order valence-corrected chi connectivity index (χ0v) is 20.4. The molecule has 1 aromatic carbocycles. The summed E-state index contributed by atoms with van der Waals surface area (Å²) in [5, 5.41) is 13.1. The van der Waals surface area contributed by atoms with Gasteiger partial charge in [0.05, 0.1) is 30.7 Å². The van der Waals surface area contributed by atoms with E-state index >= 15 is 0 Å². The first-order valence-electron chi connectivity index (χ1n) is 11.7. The van der Waals surface area contributed by atoms with Crippen molar-refractivity contribution in [3.05, 3.63) is 59.0 Å². The van der Waals surface area contributed by atoms with Gasteiger partial charge < -0.3 is 26.6 Å². The highest BCUT2D eigenvalue weighted by Gasteiger charge is 2.39. The number of aromatic nitrogens is 2. The third-order valence-electron chi connectivity index (χ3n) is 6.87. The number of carbonyl (C=O) groups excluding carboxylic acids is 1. The van der Waals surface area contributed by atoms with E-state index in [2.05, 4.69) is 22.2 Å². The van der Waals surface area contributed by atoms with Gasteiger partial charge >= 0.3 is 0 Å². The highest BCUT2D eigenvalue weighted by atomic mass is 32.1. The molecule has 8 nitrogen and oxygen atoms in total. The molecule has 2 aliphatic rings. The summed E-state index contributed by atoms with van der Waals surface area (Å²) in [6, 6.07) is 4.06. The van der Waals surface area contributed by atoms with E-state index in [1.54, 1.807) is 12.4 Å². The van der Waals surface area contributed by atoms with Crippen LogP contribution in [0.5, 0.6) is 0 Å². The molecule has 2 fully saturated rings. The van der Waals surface area contributed by atoms with Crippen molar-refractivity contribution in [2.24, 2.45) is 11.7 Å². The molecule has 11 heteroatoms. The molecule has 3 heterocycles. The number of carbonyl (C=O) groups is 1. The van der Waals surface area contributed by atoms with E-state index in [0.717, 1.165) is 48.3 Å². The van der Waals surface area contributed by atoms with Gasteiger partial charge in [0, 0.05) is 12.2 Å². The lowest BCUT2D eigenvalue weighted by atomic mass is 9.76. The van der Waals surface area contributed by atoms with Crippen LogP contribution in [-0.2, 0) is 10.3 Å². The fraction of sp³-hybridized carbons (Fsp3) is 0.400. The molecule has 190 valence electrons. The first-order valence-corrected chi connectivity index (χ1v) is 12.5. The van der Waals surface area contributed by atoms with Gasteiger partial charge in [0.2, 0.25) is 0 Å². The Bertz CT molecular complexity index is 1280. The second-order valence-corrected chi connectivity index (χ2v) is 10.8. The second kappa shape index (κ2) is 9.47. The standard InChI is InChI=1S/C25H27F2N5O3S/c1-12-4-13(6-15(28)5-12)16-2-3-30-9-19(16)31-23(33)21-22(29)36-24(32-21)20-17(26)7-14(8-18(20)27)25(34)10-35-11-25/h2-3,7-9,12-13,15,34H,4-6,10-11,28-29H2,1H3,(H,31,33). The molecule has 3 atom stereocenters. The molecule has 0 radical (unpaired) electrons. The molecular formula is C25H27F2N5O3S. The van der Waals surface area contributed by atoms with E-state index in [1.165, 1.54) is 0 Å². The maximum absolute atomic E-state index is 14.9. The maximum atomic E-state index is 14.9. The van der Waals surface area contributed by atoms with E-state index in [9.17, 15) is 18.7 Å². The Labute approximate surface area is 210 Å². The van der Waals surface area contributed by atoms with Crippen molar-refractivity contribution >= 4 is 27.9 Å². The number of hydrogen-bond acceptors (Lipinski definition) is 8. The van der Waals surface area contributed by atoms with Gasteiger partial charge in [0.25, 0.3) is 5.91 Å². The summed E-state index contributed by atoms with van der Waals surface area (Å²) < 4.78 is 34.8. The van der Waals surface area contributed by atoms with Gasteiger partial charge in [-0.3, -0.25) is 9.78 Å². The number of pyridine rings is 1. The van der Waals surface area contributed by atoms with Crippen molar-refractivity contribution in [1.82, 2.24) is 9.97 Å². The van der Waals surface area contributed by atoms with Crippen LogP contribution in [0.1, 0.15) is 53.7 Å². The zero-order valence-electron chi connectivity index (χ0n) is 19.6. The molecule has 1 amide bonds. The van der Waals surface area contributed by atoms with Crippen molar-refractivity contribution in [2.75, 3.05) is 24.3 Å². The topological polar surface area (TPSA) is 136 Å². The van der Waals surface area contributed by atoms with E-state index in [4.69, 9.17) is 16.2 Å². The maximum Gasteiger partial charge on any atom is 0.277 e. The molecule has 0 bridgehead atoms. The van der Waals surface area contributed by atoms with Gasteiger partial charge in [-0.15, -0.1) is 0 Å². The Morgan fingerprint density at radius 1 is 1.25 bits per heavy atom. The molecule has 1 saturated carbocycles. The van der Waals surface area contributed by atoms with E-state index < -0.39 is 28.7 Å². The molecular weight excluding hydrogens is 488 g/mol. The number of rotatable bonds is 5. The lowest BCUT2D eigenvalue weighted by Gasteiger charge is -2.36. The smallest absolute Gasteiger partial charge is 0.277 e. The zero-order chi connectivity index (χ0) is 25.6. The first-order chi connectivity index (χ1) is 17.1. The number of ether oxygens (including phenoxy) is 1. The van der Waals surface area contributed by atoms with Crippen molar-refractivity contribution in [1.29, 1.82) is 0 Å². The van der Waals surface area contributed by atoms with Crippen LogP contribution in [0.2, 0.25) is 0 Å². The third-order valence-corrected chi connectivity index (χ3v) is 7.77. The average molecular weight is 516 g/mol. The number of nitrogen functional groups attached to an aromatic ring is 1. The highest BCUT2D eigenvalue weighted by Crippen LogP contribution is 2.40. The lowest BCUT2D eigenvalue weighted by Crippen LogP contribution is -2.46. The van der Waals surface area contributed by atoms with Crippen LogP contribution in [0.4, 0.5) is 19.5 Å². The predicted octanol–water partition coefficient (Wildman–Crippen LogP) is 3.77. The minimum Gasteiger partial charge on any atom is -0.389 e. The molecule has 1 saturated heterocycles. The van der Waals surface area contributed by atoms with Crippen LogP contribution < -0.4 is 16.8 Å². The molecule has 1 aliphatic heterocycles. The number of halogens is 2. The quantitative estimate of drug-likeness (QED) is 0.406. The Balaban J connectivity index is 1.41. The van der Waals surface area contributed by atoms with Gasteiger partial charge in [-0.2, -0.15) is 0 Å². The van der Waals surface area contributed by atoms with Gasteiger partial charge in [-0.25, -0.2) is 13.8 Å². The normalized spacial score (nSPS) is 23.2. The average Bonchev–Trinajstić information content (AvgIpc) is 3.17. The molecule has 5 rings (SSSR count). The predicted molar refractivity (Wildman–Crippen MR) is 133 cm³/mol. The van der Waals surface area contributed by atoms with E-state index in [0.29, 0.717) is 11.6 Å². The first kappa shape index (κ1) is 24.7. The third kappa shape index (κ3) is 4.59. The van der Waals surface area contributed by atoms with Crippen LogP contribution >= 0.6 is 11.3 Å². The number of hydrogen-bond donors (Lipinski definition) is 4. The van der Waals surface area contributed by atoms with Crippen LogP contribution in [0.25, 0.3) is 10.6 Å². The number of amides is 1. The second-order valence-electron chi connectivity index (χ2n) is 9.76. The number of anilines is 2. The van der Waals surface area contributed by atoms with E-state index in [-0.39, 0.29) is 46.4 Å². The molecule has 6 N–H and O–H groups in total. The van der Waals surface area contributed by atoms with E-state index in [1.807, 2.05) is 6.07 Å². The van der Waals surface area contributed by atoms with Gasteiger partial charge in [-0.1, -0.05) is 18.3 Å². The molecule has 3 aromatic rings. The Morgan fingerprint density at radius 3 is 2.61 bits per heavy atom. The molecule has 1 aliphatic carbocycles. The number of thiazole rings is 1. The SMILES string of the molecule is CC1CC(N)CC(c2ccncc2NC(=O)c2nc(-c3c(F)cc(C4(O)COC4)cc3F)sc2N)C1. The fourth-order valence-corrected chi connectivity index (χ4v) is 5.94. The summed E-state index contributed by atoms with van der Waals surface area (Å²) in [5.74, 6) is -1.80. The van der Waals surface area contributed by atoms with Crippen molar-refractivity contribution in [2.45, 2.75) is 43.7 Å². The summed E-state index contributed by atoms with van der Waals surface area (Å²) in [5.41, 5.74) is 11.8. The number of nitrogens with one attached hydrogen (secondary N) is 1. The molecule has 0 spiro atoms. The van der Waals surface area contributed by atoms with Crippen LogP contribution in [0, 0.1) is 17.6 Å². The molecule has 3 unspecified atom stereocenters. The van der Waals surface area contributed by atoms with Crippen molar-refractivity contribution in [3.63, 3.8) is 0 Å². The van der Waals surface area contributed by atoms with Gasteiger partial charge in [0.1, 0.15) is 27.2 Å². The molecule has 36 heavy (non-hydrogen) atoms. The number of benzene rings is 1. The molecule has 2 aromatic heterocycles. The summed E-state index contributed by atoms with van der Waals surface area (Å²) in [6.45, 7) is 2.08. The summed E-state index contributed by atoms with van der Waals surface area (Å²) in [7, 11) is 0. The Hall–Kier alpha value is -2.99. The summed E-state index contributed by atoms with van der Waals surface area (Å²) in [6.07, 6.45) is 5.94. The highest BCUT2D eigenvalue weighted by molar-refractivity contribution is 7.19. The summed E-state index contributed by atoms with van der Waals surface area (Å²) >= 11 is 0.807. The fourth-order valence-electron chi connectivity index (χ4n) is 5.07. The van der Waals surface area contributed by atoms with Crippen LogP contribution in [0.15, 0.2) is 30.6 Å². The van der Waals surface area contributed by atoms with Crippen LogP contribution in [0.3, 0.4) is 0 Å². The minimum absolute atomic E-state index is 0.0233. The van der Waals surface area contributed by atoms with Crippen LogP contribution in [-0.4, -0.2) is 40.2 Å². The Kier molecular flexibility index (Phi) is 6.50. The number of aliphatic hydroxyl groups is 1. The van der Waals surface area contributed by atoms with Gasteiger partial charge in [0.15, 0.2) is 5.69 Å². The van der Waals surface area contributed by atoms with Crippen molar-refractivity contribution in [3.8, 4) is 10.6 Å². The summed E-state index contributed by atoms with van der Waals surface area (Å²) in [4.78, 5) is 21.4.